The van der Waals surface area contributed by atoms with Crippen LogP contribution >= 0.6 is 11.6 Å². The van der Waals surface area contributed by atoms with Crippen LogP contribution in [0.5, 0.6) is 11.5 Å². The molecule has 3 aromatic rings. The summed E-state index contributed by atoms with van der Waals surface area (Å²) in [5.41, 5.74) is 1.52. The number of ether oxygens (including phenoxy) is 2. The largest absolute Gasteiger partial charge is 0.454 e. The zero-order valence-corrected chi connectivity index (χ0v) is 16.4. The van der Waals surface area contributed by atoms with Gasteiger partial charge in [0.15, 0.2) is 11.5 Å². The highest BCUT2D eigenvalue weighted by Crippen LogP contribution is 2.44. The molecule has 1 aromatic heterocycles. The van der Waals surface area contributed by atoms with Gasteiger partial charge in [0.1, 0.15) is 17.3 Å². The summed E-state index contributed by atoms with van der Waals surface area (Å²) in [5.74, 6) is 1.34. The third-order valence-electron chi connectivity index (χ3n) is 3.93. The topological polar surface area (TPSA) is 123 Å². The predicted octanol–water partition coefficient (Wildman–Crippen LogP) is 3.73. The molecule has 3 N–H and O–H groups in total. The maximum Gasteiger partial charge on any atom is 0.269 e. The van der Waals surface area contributed by atoms with Crippen LogP contribution < -0.4 is 20.1 Å². The van der Waals surface area contributed by atoms with E-state index in [0.717, 1.165) is 0 Å². The lowest BCUT2D eigenvalue weighted by molar-refractivity contribution is 0.174. The minimum absolute atomic E-state index is 0.112. The molecule has 0 saturated carbocycles. The van der Waals surface area contributed by atoms with Gasteiger partial charge in [0.05, 0.1) is 5.02 Å². The van der Waals surface area contributed by atoms with Crippen LogP contribution in [0.1, 0.15) is 5.56 Å². The number of hydrogen-bond donors (Lipinski definition) is 3. The average Bonchev–Trinajstić information content (AvgIpc) is 3.12. The summed E-state index contributed by atoms with van der Waals surface area (Å²) in [6.07, 6.45) is 1.55. The number of fused-ring (bicyclic) bond motifs is 1. The molecule has 0 unspecified atom stereocenters. The lowest BCUT2D eigenvalue weighted by Crippen LogP contribution is -2.03. The van der Waals surface area contributed by atoms with Gasteiger partial charge in [0, 0.05) is 11.9 Å². The van der Waals surface area contributed by atoms with Crippen molar-refractivity contribution in [2.75, 3.05) is 17.4 Å². The quantitative estimate of drug-likeness (QED) is 0.498. The van der Waals surface area contributed by atoms with Gasteiger partial charge in [-0.2, -0.15) is 13.4 Å². The molecular weight excluding hydrogens is 420 g/mol. The number of hydrogen-bond acceptors (Lipinski definition) is 8. The maximum atomic E-state index is 11.1. The highest BCUT2D eigenvalue weighted by atomic mass is 35.5. The Hall–Kier alpha value is -3.08. The molecule has 1 aliphatic rings. The van der Waals surface area contributed by atoms with Crippen molar-refractivity contribution in [1.82, 2.24) is 9.97 Å². The summed E-state index contributed by atoms with van der Waals surface area (Å²) in [6.45, 7) is 0.112. The Balaban J connectivity index is 1.55. The lowest BCUT2D eigenvalue weighted by atomic mass is 10.2. The first-order valence-corrected chi connectivity index (χ1v) is 10.4. The third kappa shape index (κ3) is 4.67. The van der Waals surface area contributed by atoms with Gasteiger partial charge in [-0.3, -0.25) is 4.55 Å². The molecule has 2 heterocycles. The monoisotopic (exact) mass is 434 g/mol. The van der Waals surface area contributed by atoms with Gasteiger partial charge in [-0.1, -0.05) is 23.7 Å². The van der Waals surface area contributed by atoms with Gasteiger partial charge in [-0.15, -0.1) is 0 Å². The van der Waals surface area contributed by atoms with Crippen molar-refractivity contribution in [3.05, 3.63) is 59.2 Å². The number of benzene rings is 2. The zero-order valence-electron chi connectivity index (χ0n) is 14.8. The molecule has 150 valence electrons. The van der Waals surface area contributed by atoms with E-state index in [4.69, 9.17) is 25.6 Å². The Morgan fingerprint density at radius 1 is 1.14 bits per heavy atom. The molecule has 9 nitrogen and oxygen atoms in total. The number of aromatic nitrogens is 2. The van der Waals surface area contributed by atoms with Crippen LogP contribution in [0.15, 0.2) is 48.7 Å². The lowest BCUT2D eigenvalue weighted by Gasteiger charge is -2.12. The highest BCUT2D eigenvalue weighted by molar-refractivity contribution is 7.85. The third-order valence-corrected chi connectivity index (χ3v) is 4.94. The Bertz CT molecular complexity index is 1170. The van der Waals surface area contributed by atoms with Crippen molar-refractivity contribution in [2.45, 2.75) is 5.75 Å². The molecule has 1 aliphatic heterocycles. The second-order valence-corrected chi connectivity index (χ2v) is 7.96. The van der Waals surface area contributed by atoms with Crippen molar-refractivity contribution in [3.8, 4) is 11.5 Å². The number of halogens is 1. The number of rotatable bonds is 6. The van der Waals surface area contributed by atoms with Crippen LogP contribution in [-0.2, 0) is 15.9 Å². The summed E-state index contributed by atoms with van der Waals surface area (Å²) in [5, 5.41) is 6.54. The van der Waals surface area contributed by atoms with Crippen LogP contribution in [0, 0.1) is 0 Å². The Morgan fingerprint density at radius 2 is 2.00 bits per heavy atom. The Kier molecular flexibility index (Phi) is 5.14. The first-order valence-electron chi connectivity index (χ1n) is 8.37. The Labute approximate surface area is 171 Å². The summed E-state index contributed by atoms with van der Waals surface area (Å²) in [4.78, 5) is 8.53. The highest BCUT2D eigenvalue weighted by Gasteiger charge is 2.21. The van der Waals surface area contributed by atoms with E-state index in [2.05, 4.69) is 20.6 Å². The van der Waals surface area contributed by atoms with Gasteiger partial charge >= 0.3 is 0 Å². The fraction of sp³-hybridized carbons (Fsp3) is 0.111. The molecule has 0 amide bonds. The maximum absolute atomic E-state index is 11.1. The van der Waals surface area contributed by atoms with E-state index in [1.807, 2.05) is 0 Å². The van der Waals surface area contributed by atoms with Crippen LogP contribution in [0.25, 0.3) is 0 Å². The molecule has 0 radical (unpaired) electrons. The summed E-state index contributed by atoms with van der Waals surface area (Å²) < 4.78 is 42.0. The van der Waals surface area contributed by atoms with Crippen LogP contribution in [0.3, 0.4) is 0 Å². The normalized spacial score (nSPS) is 12.6. The van der Waals surface area contributed by atoms with Crippen LogP contribution in [0.2, 0.25) is 5.02 Å². The van der Waals surface area contributed by atoms with Crippen LogP contribution in [0.4, 0.5) is 23.1 Å². The molecule has 0 atom stereocenters. The first-order chi connectivity index (χ1) is 13.9. The number of nitrogens with one attached hydrogen (secondary N) is 2. The summed E-state index contributed by atoms with van der Waals surface area (Å²) in [7, 11) is -4.12. The van der Waals surface area contributed by atoms with E-state index >= 15 is 0 Å². The SMILES string of the molecule is O=S(=O)(O)Cc1cccc(Nc2nccc(Nc3c(Cl)ccc4c3OCO4)n2)c1. The van der Waals surface area contributed by atoms with Gasteiger partial charge in [-0.05, 0) is 35.9 Å². The minimum atomic E-state index is -4.12. The second kappa shape index (κ2) is 7.74. The number of anilines is 4. The molecule has 0 bridgehead atoms. The zero-order chi connectivity index (χ0) is 20.4. The molecule has 0 spiro atoms. The van der Waals surface area contributed by atoms with E-state index in [0.29, 0.717) is 39.3 Å². The van der Waals surface area contributed by atoms with Crippen molar-refractivity contribution in [1.29, 1.82) is 0 Å². The average molecular weight is 435 g/mol. The van der Waals surface area contributed by atoms with E-state index in [9.17, 15) is 8.42 Å². The van der Waals surface area contributed by atoms with E-state index in [1.54, 1.807) is 48.7 Å². The summed E-state index contributed by atoms with van der Waals surface area (Å²) >= 11 is 6.27. The molecule has 0 aliphatic carbocycles. The van der Waals surface area contributed by atoms with Crippen molar-refractivity contribution in [2.24, 2.45) is 0 Å². The van der Waals surface area contributed by atoms with Crippen LogP contribution in [-0.4, -0.2) is 29.7 Å². The number of nitrogens with zero attached hydrogens (tertiary/aromatic N) is 2. The van der Waals surface area contributed by atoms with Crippen molar-refractivity contribution >= 4 is 44.9 Å². The second-order valence-electron chi connectivity index (χ2n) is 6.10. The van der Waals surface area contributed by atoms with Gasteiger partial charge in [-0.25, -0.2) is 4.98 Å². The molecular formula is C18H15ClN4O5S. The molecule has 29 heavy (non-hydrogen) atoms. The molecule has 0 fully saturated rings. The molecule has 4 rings (SSSR count). The fourth-order valence-corrected chi connectivity index (χ4v) is 3.56. The molecule has 2 aromatic carbocycles. The molecule has 11 heteroatoms. The van der Waals surface area contributed by atoms with E-state index in [-0.39, 0.29) is 12.7 Å². The van der Waals surface area contributed by atoms with Gasteiger partial charge in [0.2, 0.25) is 12.7 Å². The Morgan fingerprint density at radius 3 is 2.83 bits per heavy atom. The molecule has 0 saturated heterocycles. The standard InChI is InChI=1S/C18H15ClN4O5S/c19-13-4-5-14-17(28-10-27-14)16(13)22-15-6-7-20-18(23-15)21-12-3-1-2-11(8-12)9-29(24,25)26/h1-8H,9-10H2,(H,24,25,26)(H2,20,21,22,23). The van der Waals surface area contributed by atoms with Gasteiger partial charge in [0.25, 0.3) is 10.1 Å². The first kappa shape index (κ1) is 19.2. The van der Waals surface area contributed by atoms with Crippen molar-refractivity contribution in [3.63, 3.8) is 0 Å². The van der Waals surface area contributed by atoms with Gasteiger partial charge < -0.3 is 20.1 Å². The smallest absolute Gasteiger partial charge is 0.269 e. The van der Waals surface area contributed by atoms with E-state index < -0.39 is 15.9 Å². The summed E-state index contributed by atoms with van der Waals surface area (Å²) in [6, 6.07) is 11.6. The minimum Gasteiger partial charge on any atom is -0.454 e. The van der Waals surface area contributed by atoms with Crippen molar-refractivity contribution < 1.29 is 22.4 Å². The van der Waals surface area contributed by atoms with E-state index in [1.165, 1.54) is 0 Å². The fourth-order valence-electron chi connectivity index (χ4n) is 2.76. The predicted molar refractivity (Wildman–Crippen MR) is 108 cm³/mol.